The molecule has 1 fully saturated rings. The van der Waals surface area contributed by atoms with E-state index in [0.717, 1.165) is 35.8 Å². The molecular weight excluding hydrogens is 346 g/mol. The molecule has 2 aromatic rings. The van der Waals surface area contributed by atoms with Crippen LogP contribution in [0.1, 0.15) is 36.1 Å². The van der Waals surface area contributed by atoms with Gasteiger partial charge in [-0.25, -0.2) is 0 Å². The van der Waals surface area contributed by atoms with Crippen molar-refractivity contribution in [3.05, 3.63) is 58.4 Å². The summed E-state index contributed by atoms with van der Waals surface area (Å²) in [6.07, 6.45) is 2.88. The maximum atomic E-state index is 11.2. The van der Waals surface area contributed by atoms with E-state index in [-0.39, 0.29) is 0 Å². The first-order valence-electron chi connectivity index (χ1n) is 9.25. The lowest BCUT2D eigenvalue weighted by molar-refractivity contribution is 0.0603. The molecule has 1 N–H and O–H groups in total. The molecule has 1 aromatic heterocycles. The van der Waals surface area contributed by atoms with E-state index in [4.69, 9.17) is 11.6 Å². The fourth-order valence-corrected chi connectivity index (χ4v) is 4.64. The third-order valence-electron chi connectivity index (χ3n) is 5.89. The van der Waals surface area contributed by atoms with Crippen molar-refractivity contribution in [2.24, 2.45) is 0 Å². The van der Waals surface area contributed by atoms with Crippen molar-refractivity contribution in [2.45, 2.75) is 37.8 Å². The molecule has 3 atom stereocenters. The van der Waals surface area contributed by atoms with Gasteiger partial charge in [0.2, 0.25) is 0 Å². The molecule has 4 nitrogen and oxygen atoms in total. The summed E-state index contributed by atoms with van der Waals surface area (Å²) in [4.78, 5) is 9.14. The SMILES string of the molecule is Cc1ccc([C@@](C)(O)CN2c3ccc(Cl)cc3C3CN(C)CCC32)cn1. The minimum Gasteiger partial charge on any atom is -0.384 e. The monoisotopic (exact) mass is 371 g/mol. The van der Waals surface area contributed by atoms with Gasteiger partial charge in [-0.1, -0.05) is 17.7 Å². The number of aromatic nitrogens is 1. The second-order valence-electron chi connectivity index (χ2n) is 8.02. The van der Waals surface area contributed by atoms with Crippen molar-refractivity contribution in [1.29, 1.82) is 0 Å². The molecule has 2 aliphatic rings. The topological polar surface area (TPSA) is 39.6 Å². The average molecular weight is 372 g/mol. The van der Waals surface area contributed by atoms with Crippen molar-refractivity contribution < 1.29 is 5.11 Å². The summed E-state index contributed by atoms with van der Waals surface area (Å²) in [6.45, 7) is 6.51. The van der Waals surface area contributed by atoms with Gasteiger partial charge in [-0.05, 0) is 63.7 Å². The van der Waals surface area contributed by atoms with Crippen LogP contribution in [0.2, 0.25) is 5.02 Å². The first kappa shape index (κ1) is 17.8. The average Bonchev–Trinajstić information content (AvgIpc) is 2.87. The van der Waals surface area contributed by atoms with Gasteiger partial charge in [-0.3, -0.25) is 4.98 Å². The zero-order chi connectivity index (χ0) is 18.5. The predicted octanol–water partition coefficient (Wildman–Crippen LogP) is 3.56. The maximum absolute atomic E-state index is 11.2. The second-order valence-corrected chi connectivity index (χ2v) is 8.45. The van der Waals surface area contributed by atoms with Crippen molar-refractivity contribution in [3.63, 3.8) is 0 Å². The minimum absolute atomic E-state index is 0.407. The molecule has 3 heterocycles. The molecule has 0 amide bonds. The molecule has 0 bridgehead atoms. The minimum atomic E-state index is -0.962. The molecular formula is C21H26ClN3O. The zero-order valence-electron chi connectivity index (χ0n) is 15.6. The molecule has 0 radical (unpaired) electrons. The molecule has 2 unspecified atom stereocenters. The van der Waals surface area contributed by atoms with Crippen LogP contribution in [0.4, 0.5) is 5.69 Å². The molecule has 0 aliphatic carbocycles. The lowest BCUT2D eigenvalue weighted by atomic mass is 9.89. The van der Waals surface area contributed by atoms with Crippen molar-refractivity contribution in [2.75, 3.05) is 31.6 Å². The number of hydrogen-bond donors (Lipinski definition) is 1. The van der Waals surface area contributed by atoms with E-state index in [9.17, 15) is 5.11 Å². The number of likely N-dealkylation sites (tertiary alicyclic amines) is 1. The van der Waals surface area contributed by atoms with Gasteiger partial charge in [-0.15, -0.1) is 0 Å². The van der Waals surface area contributed by atoms with E-state index in [1.165, 1.54) is 11.3 Å². The van der Waals surface area contributed by atoms with Crippen molar-refractivity contribution in [1.82, 2.24) is 9.88 Å². The number of β-amino-alcohol motifs (C(OH)–C–C–N with tert-alkyl or cyclic N) is 1. The van der Waals surface area contributed by atoms with Gasteiger partial charge < -0.3 is 14.9 Å². The Kier molecular flexibility index (Phi) is 4.46. The summed E-state index contributed by atoms with van der Waals surface area (Å²) >= 11 is 6.29. The third kappa shape index (κ3) is 3.11. The first-order chi connectivity index (χ1) is 12.3. The van der Waals surface area contributed by atoms with Gasteiger partial charge in [0.25, 0.3) is 0 Å². The summed E-state index contributed by atoms with van der Waals surface area (Å²) < 4.78 is 0. The number of fused-ring (bicyclic) bond motifs is 3. The summed E-state index contributed by atoms with van der Waals surface area (Å²) in [5.41, 5.74) is 3.37. The highest BCUT2D eigenvalue weighted by Crippen LogP contribution is 2.46. The van der Waals surface area contributed by atoms with Gasteiger partial charge in [0.15, 0.2) is 0 Å². The molecule has 138 valence electrons. The van der Waals surface area contributed by atoms with E-state index >= 15 is 0 Å². The summed E-state index contributed by atoms with van der Waals surface area (Å²) in [7, 11) is 2.18. The van der Waals surface area contributed by atoms with E-state index < -0.39 is 5.60 Å². The van der Waals surface area contributed by atoms with Crippen LogP contribution in [0, 0.1) is 6.92 Å². The van der Waals surface area contributed by atoms with E-state index in [0.29, 0.717) is 18.5 Å². The number of hydrogen-bond acceptors (Lipinski definition) is 4. The van der Waals surface area contributed by atoms with Crippen LogP contribution in [0.15, 0.2) is 36.5 Å². The molecule has 1 aromatic carbocycles. The van der Waals surface area contributed by atoms with Gasteiger partial charge in [0.1, 0.15) is 5.60 Å². The highest BCUT2D eigenvalue weighted by Gasteiger charge is 2.43. The number of benzene rings is 1. The number of anilines is 1. The van der Waals surface area contributed by atoms with Gasteiger partial charge in [0, 0.05) is 46.7 Å². The van der Waals surface area contributed by atoms with Crippen LogP contribution in [0.25, 0.3) is 0 Å². The normalized spacial score (nSPS) is 24.9. The number of aryl methyl sites for hydroxylation is 1. The van der Waals surface area contributed by atoms with Gasteiger partial charge in [-0.2, -0.15) is 0 Å². The van der Waals surface area contributed by atoms with E-state index in [1.807, 2.05) is 32.0 Å². The van der Waals surface area contributed by atoms with Crippen molar-refractivity contribution >= 4 is 17.3 Å². The van der Waals surface area contributed by atoms with Crippen LogP contribution >= 0.6 is 11.6 Å². The molecule has 1 saturated heterocycles. The largest absolute Gasteiger partial charge is 0.384 e. The van der Waals surface area contributed by atoms with Crippen LogP contribution in [-0.4, -0.2) is 47.7 Å². The van der Waals surface area contributed by atoms with Crippen LogP contribution < -0.4 is 4.90 Å². The van der Waals surface area contributed by atoms with Gasteiger partial charge in [0.05, 0.1) is 6.54 Å². The Morgan fingerprint density at radius 2 is 2.12 bits per heavy atom. The smallest absolute Gasteiger partial charge is 0.106 e. The lowest BCUT2D eigenvalue weighted by Gasteiger charge is -2.40. The number of pyridine rings is 1. The summed E-state index contributed by atoms with van der Waals surface area (Å²) in [5, 5.41) is 12.0. The summed E-state index contributed by atoms with van der Waals surface area (Å²) in [6, 6.07) is 10.5. The number of aliphatic hydroxyl groups is 1. The molecule has 26 heavy (non-hydrogen) atoms. The van der Waals surface area contributed by atoms with E-state index in [1.54, 1.807) is 6.20 Å². The quantitative estimate of drug-likeness (QED) is 0.895. The van der Waals surface area contributed by atoms with Crippen LogP contribution in [0.5, 0.6) is 0 Å². The number of piperidine rings is 1. The van der Waals surface area contributed by atoms with Crippen LogP contribution in [0.3, 0.4) is 0 Å². The summed E-state index contributed by atoms with van der Waals surface area (Å²) in [5.74, 6) is 0.439. The molecule has 0 saturated carbocycles. The number of likely N-dealkylation sites (N-methyl/N-ethyl adjacent to an activating group) is 1. The standard InChI is InChI=1S/C21H26ClN3O/c1-14-4-5-15(11-23-14)21(2,26)13-25-19-7-6-16(22)10-17(19)18-12-24(3)9-8-20(18)25/h4-7,10-11,18,20,26H,8-9,12-13H2,1-3H3/t18?,20?,21-/m0/s1. The molecule has 5 heteroatoms. The fraction of sp³-hybridized carbons (Fsp3) is 0.476. The predicted molar refractivity (Wildman–Crippen MR) is 106 cm³/mol. The Labute approximate surface area is 160 Å². The Balaban J connectivity index is 1.68. The molecule has 0 spiro atoms. The first-order valence-corrected chi connectivity index (χ1v) is 9.63. The highest BCUT2D eigenvalue weighted by molar-refractivity contribution is 6.30. The molecule has 4 rings (SSSR count). The third-order valence-corrected chi connectivity index (χ3v) is 6.12. The number of rotatable bonds is 3. The van der Waals surface area contributed by atoms with Gasteiger partial charge >= 0.3 is 0 Å². The highest BCUT2D eigenvalue weighted by atomic mass is 35.5. The Hall–Kier alpha value is -1.62. The Bertz CT molecular complexity index is 805. The molecule has 2 aliphatic heterocycles. The Morgan fingerprint density at radius 1 is 1.31 bits per heavy atom. The number of nitrogens with zero attached hydrogens (tertiary/aromatic N) is 3. The fourth-order valence-electron chi connectivity index (χ4n) is 4.46. The van der Waals surface area contributed by atoms with E-state index in [2.05, 4.69) is 34.0 Å². The van der Waals surface area contributed by atoms with Crippen LogP contribution in [-0.2, 0) is 5.60 Å². The number of halogens is 1. The maximum Gasteiger partial charge on any atom is 0.106 e. The van der Waals surface area contributed by atoms with Crippen molar-refractivity contribution in [3.8, 4) is 0 Å². The zero-order valence-corrected chi connectivity index (χ0v) is 16.4. The Morgan fingerprint density at radius 3 is 2.85 bits per heavy atom. The second kappa shape index (κ2) is 6.52. The lowest BCUT2D eigenvalue weighted by Crippen LogP contribution is -2.49.